The van der Waals surface area contributed by atoms with Gasteiger partial charge in [-0.25, -0.2) is 0 Å². The van der Waals surface area contributed by atoms with Crippen LogP contribution in [0.15, 0.2) is 18.2 Å². The van der Waals surface area contributed by atoms with E-state index in [-0.39, 0.29) is 10.6 Å². The highest BCUT2D eigenvalue weighted by molar-refractivity contribution is 5.66. The lowest BCUT2D eigenvalue weighted by molar-refractivity contribution is -0.384. The van der Waals surface area contributed by atoms with Gasteiger partial charge >= 0.3 is 0 Å². The quantitative estimate of drug-likeness (QED) is 0.483. The van der Waals surface area contributed by atoms with Crippen molar-refractivity contribution in [2.24, 2.45) is 0 Å². The van der Waals surface area contributed by atoms with Crippen LogP contribution in [0.5, 0.6) is 0 Å². The lowest BCUT2D eigenvalue weighted by Crippen LogP contribution is -2.13. The summed E-state index contributed by atoms with van der Waals surface area (Å²) in [6.07, 6.45) is 7.52. The molecule has 0 unspecified atom stereocenters. The van der Waals surface area contributed by atoms with Crippen LogP contribution < -0.4 is 5.32 Å². The topological polar surface area (TPSA) is 64.4 Å². The number of anilines is 1. The average molecular weight is 292 g/mol. The molecule has 0 spiro atoms. The number of nitro benzene ring substituents is 1. The molecule has 21 heavy (non-hydrogen) atoms. The Morgan fingerprint density at radius 2 is 2.00 bits per heavy atom. The van der Waals surface area contributed by atoms with Crippen LogP contribution in [0.2, 0.25) is 0 Å². The van der Waals surface area contributed by atoms with Gasteiger partial charge in [0.25, 0.3) is 5.69 Å². The van der Waals surface area contributed by atoms with Gasteiger partial charge in [-0.05, 0) is 19.8 Å². The summed E-state index contributed by atoms with van der Waals surface area (Å²) in [6, 6.07) is 5.17. The van der Waals surface area contributed by atoms with E-state index in [4.69, 9.17) is 4.74 Å². The van der Waals surface area contributed by atoms with Crippen molar-refractivity contribution in [1.82, 2.24) is 0 Å². The van der Waals surface area contributed by atoms with Gasteiger partial charge in [0.1, 0.15) is 5.69 Å². The van der Waals surface area contributed by atoms with Crippen molar-refractivity contribution in [2.75, 3.05) is 11.9 Å². The van der Waals surface area contributed by atoms with E-state index >= 15 is 0 Å². The first kappa shape index (κ1) is 15.8. The molecule has 0 saturated heterocycles. The number of ether oxygens (including phenoxy) is 1. The molecule has 1 N–H and O–H groups in total. The second kappa shape index (κ2) is 7.98. The highest BCUT2D eigenvalue weighted by Crippen LogP contribution is 2.30. The first-order valence-corrected chi connectivity index (χ1v) is 7.84. The normalized spacial score (nSPS) is 16.4. The lowest BCUT2D eigenvalue weighted by atomic mass is 10.1. The van der Waals surface area contributed by atoms with Crippen molar-refractivity contribution in [3.05, 3.63) is 33.9 Å². The molecule has 1 fully saturated rings. The molecular weight excluding hydrogens is 268 g/mol. The molecule has 5 nitrogen and oxygen atoms in total. The molecule has 1 aliphatic carbocycles. The smallest absolute Gasteiger partial charge is 0.292 e. The van der Waals surface area contributed by atoms with Gasteiger partial charge in [0.15, 0.2) is 0 Å². The summed E-state index contributed by atoms with van der Waals surface area (Å²) in [7, 11) is 0. The number of para-hydroxylation sites is 1. The standard InChI is InChI=1S/C16H24N2O3/c1-2-17-16-13(8-7-11-15(16)18(19)20)12-21-14-9-5-3-4-6-10-14/h7-8,11,14,17H,2-6,9-10,12H2,1H3. The van der Waals surface area contributed by atoms with E-state index in [9.17, 15) is 10.1 Å². The summed E-state index contributed by atoms with van der Waals surface area (Å²) in [6.45, 7) is 3.03. The van der Waals surface area contributed by atoms with Crippen LogP contribution in [0.4, 0.5) is 11.4 Å². The van der Waals surface area contributed by atoms with E-state index in [0.717, 1.165) is 18.4 Å². The Bertz CT molecular complexity index is 469. The summed E-state index contributed by atoms with van der Waals surface area (Å²) in [4.78, 5) is 10.8. The maximum Gasteiger partial charge on any atom is 0.292 e. The zero-order chi connectivity index (χ0) is 15.1. The van der Waals surface area contributed by atoms with E-state index in [1.165, 1.54) is 31.7 Å². The number of nitrogens with one attached hydrogen (secondary N) is 1. The number of nitrogens with zero attached hydrogens (tertiary/aromatic N) is 1. The molecule has 116 valence electrons. The number of hydrogen-bond donors (Lipinski definition) is 1. The maximum atomic E-state index is 11.1. The summed E-state index contributed by atoms with van der Waals surface area (Å²) in [5.74, 6) is 0. The summed E-state index contributed by atoms with van der Waals surface area (Å²) >= 11 is 0. The molecule has 0 radical (unpaired) electrons. The molecule has 0 bridgehead atoms. The molecule has 5 heteroatoms. The van der Waals surface area contributed by atoms with Crippen LogP contribution in [0.1, 0.15) is 51.0 Å². The molecule has 0 aliphatic heterocycles. The molecule has 1 aromatic rings. The van der Waals surface area contributed by atoms with Crippen LogP contribution in [-0.2, 0) is 11.3 Å². The van der Waals surface area contributed by atoms with E-state index in [2.05, 4.69) is 5.32 Å². The Balaban J connectivity index is 2.07. The fourth-order valence-corrected chi connectivity index (χ4v) is 2.86. The predicted molar refractivity (Wildman–Crippen MR) is 83.5 cm³/mol. The molecule has 1 aliphatic rings. The zero-order valence-electron chi connectivity index (χ0n) is 12.6. The number of hydrogen-bond acceptors (Lipinski definition) is 4. The molecule has 0 atom stereocenters. The Hall–Kier alpha value is -1.62. The summed E-state index contributed by atoms with van der Waals surface area (Å²) in [5.41, 5.74) is 1.59. The van der Waals surface area contributed by atoms with Crippen molar-refractivity contribution in [2.45, 2.75) is 58.2 Å². The fraction of sp³-hybridized carbons (Fsp3) is 0.625. The van der Waals surface area contributed by atoms with Crippen molar-refractivity contribution >= 4 is 11.4 Å². The summed E-state index contributed by atoms with van der Waals surface area (Å²) in [5, 5.41) is 14.2. The third-order valence-corrected chi connectivity index (χ3v) is 3.96. The lowest BCUT2D eigenvalue weighted by Gasteiger charge is -2.17. The van der Waals surface area contributed by atoms with Gasteiger partial charge in [-0.2, -0.15) is 0 Å². The van der Waals surface area contributed by atoms with E-state index in [1.807, 2.05) is 13.0 Å². The molecule has 0 amide bonds. The van der Waals surface area contributed by atoms with Gasteiger partial charge in [0.2, 0.25) is 0 Å². The zero-order valence-corrected chi connectivity index (χ0v) is 12.6. The largest absolute Gasteiger partial charge is 0.379 e. The second-order valence-electron chi connectivity index (χ2n) is 5.52. The van der Waals surface area contributed by atoms with Crippen molar-refractivity contribution in [3.8, 4) is 0 Å². The van der Waals surface area contributed by atoms with Crippen LogP contribution in [-0.4, -0.2) is 17.6 Å². The summed E-state index contributed by atoms with van der Waals surface area (Å²) < 4.78 is 6.01. The van der Waals surface area contributed by atoms with Gasteiger partial charge in [0, 0.05) is 18.2 Å². The highest BCUT2D eigenvalue weighted by Gasteiger charge is 2.18. The fourth-order valence-electron chi connectivity index (χ4n) is 2.86. The number of nitro groups is 1. The minimum absolute atomic E-state index is 0.124. The third-order valence-electron chi connectivity index (χ3n) is 3.96. The van der Waals surface area contributed by atoms with Gasteiger partial charge in [-0.1, -0.05) is 37.8 Å². The second-order valence-corrected chi connectivity index (χ2v) is 5.52. The minimum atomic E-state index is -0.340. The van der Waals surface area contributed by atoms with Crippen LogP contribution in [0, 0.1) is 10.1 Å². The molecular formula is C16H24N2O3. The van der Waals surface area contributed by atoms with Gasteiger partial charge in [-0.3, -0.25) is 10.1 Å². The highest BCUT2D eigenvalue weighted by atomic mass is 16.6. The van der Waals surface area contributed by atoms with Gasteiger partial charge in [0.05, 0.1) is 17.6 Å². The van der Waals surface area contributed by atoms with Crippen molar-refractivity contribution < 1.29 is 9.66 Å². The van der Waals surface area contributed by atoms with E-state index < -0.39 is 0 Å². The van der Waals surface area contributed by atoms with Gasteiger partial charge in [-0.15, -0.1) is 0 Å². The SMILES string of the molecule is CCNc1c(COC2CCCCCC2)cccc1[N+](=O)[O-]. The molecule has 1 saturated carbocycles. The van der Waals surface area contributed by atoms with E-state index in [0.29, 0.717) is 24.9 Å². The molecule has 0 aromatic heterocycles. The van der Waals surface area contributed by atoms with Crippen molar-refractivity contribution in [3.63, 3.8) is 0 Å². The van der Waals surface area contributed by atoms with E-state index in [1.54, 1.807) is 6.07 Å². The van der Waals surface area contributed by atoms with Crippen LogP contribution in [0.3, 0.4) is 0 Å². The Morgan fingerprint density at radius 1 is 1.29 bits per heavy atom. The minimum Gasteiger partial charge on any atom is -0.379 e. The first-order chi connectivity index (χ1) is 10.2. The first-order valence-electron chi connectivity index (χ1n) is 7.84. The predicted octanol–water partition coefficient (Wildman–Crippen LogP) is 4.27. The van der Waals surface area contributed by atoms with Crippen LogP contribution in [0.25, 0.3) is 0 Å². The Labute approximate surface area is 125 Å². The molecule has 1 aromatic carbocycles. The molecule has 2 rings (SSSR count). The van der Waals surface area contributed by atoms with Crippen LogP contribution >= 0.6 is 0 Å². The Morgan fingerprint density at radius 3 is 2.62 bits per heavy atom. The number of rotatable bonds is 6. The number of benzene rings is 1. The van der Waals surface area contributed by atoms with Crippen molar-refractivity contribution in [1.29, 1.82) is 0 Å². The average Bonchev–Trinajstić information content (AvgIpc) is 2.74. The Kier molecular flexibility index (Phi) is 5.99. The van der Waals surface area contributed by atoms with Gasteiger partial charge < -0.3 is 10.1 Å². The monoisotopic (exact) mass is 292 g/mol. The maximum absolute atomic E-state index is 11.1. The molecule has 0 heterocycles. The third kappa shape index (κ3) is 4.43.